The second-order valence-corrected chi connectivity index (χ2v) is 7.56. The molecule has 2 saturated heterocycles. The normalized spacial score (nSPS) is 20.9. The molecule has 28 heavy (non-hydrogen) atoms. The first-order valence-corrected chi connectivity index (χ1v) is 10.4. The van der Waals surface area contributed by atoms with Crippen LogP contribution in [0.1, 0.15) is 31.7 Å². The minimum atomic E-state index is -0.214. The second-order valence-electron chi connectivity index (χ2n) is 7.56. The number of carbonyl (C=O) groups excluding carboxylic acids is 1. The zero-order valence-corrected chi connectivity index (χ0v) is 16.9. The number of rotatable bonds is 6. The smallest absolute Gasteiger partial charge is 0.217 e. The van der Waals surface area contributed by atoms with Gasteiger partial charge in [0.1, 0.15) is 0 Å². The van der Waals surface area contributed by atoms with Crippen LogP contribution in [-0.2, 0) is 16.1 Å². The number of piperidine rings is 1. The van der Waals surface area contributed by atoms with Crippen LogP contribution in [0.15, 0.2) is 29.3 Å². The van der Waals surface area contributed by atoms with Crippen LogP contribution in [0, 0.1) is 5.92 Å². The summed E-state index contributed by atoms with van der Waals surface area (Å²) in [6.07, 6.45) is 2.58. The zero-order valence-electron chi connectivity index (χ0n) is 16.9. The molecule has 0 aliphatic carbocycles. The molecule has 0 aromatic heterocycles. The number of aliphatic imine (C=N–C) groups is 1. The van der Waals surface area contributed by atoms with Crippen molar-refractivity contribution in [2.75, 3.05) is 50.8 Å². The summed E-state index contributed by atoms with van der Waals surface area (Å²) in [5.74, 6) is 1.03. The van der Waals surface area contributed by atoms with E-state index < -0.39 is 0 Å². The van der Waals surface area contributed by atoms with Crippen molar-refractivity contribution in [3.05, 3.63) is 29.8 Å². The minimum Gasteiger partial charge on any atom is -0.378 e. The van der Waals surface area contributed by atoms with Gasteiger partial charge in [-0.25, -0.2) is 4.99 Å². The summed E-state index contributed by atoms with van der Waals surface area (Å²) in [4.78, 5) is 20.7. The number of anilines is 1. The fourth-order valence-electron chi connectivity index (χ4n) is 3.93. The monoisotopic (exact) mass is 387 g/mol. The van der Waals surface area contributed by atoms with Crippen molar-refractivity contribution >= 4 is 17.6 Å². The topological polar surface area (TPSA) is 83.2 Å². The molecule has 154 valence electrons. The first kappa shape index (κ1) is 20.5. The summed E-state index contributed by atoms with van der Waals surface area (Å²) in [7, 11) is 0. The molecule has 2 fully saturated rings. The molecule has 2 aliphatic heterocycles. The largest absolute Gasteiger partial charge is 0.378 e. The van der Waals surface area contributed by atoms with Crippen molar-refractivity contribution in [2.24, 2.45) is 16.6 Å². The lowest BCUT2D eigenvalue weighted by molar-refractivity contribution is -0.119. The van der Waals surface area contributed by atoms with E-state index in [0.29, 0.717) is 18.9 Å². The first-order chi connectivity index (χ1) is 13.7. The van der Waals surface area contributed by atoms with E-state index in [-0.39, 0.29) is 5.91 Å². The molecule has 7 nitrogen and oxygen atoms in total. The average molecular weight is 388 g/mol. The van der Waals surface area contributed by atoms with Crippen LogP contribution in [-0.4, -0.2) is 62.7 Å². The van der Waals surface area contributed by atoms with E-state index in [1.165, 1.54) is 11.3 Å². The van der Waals surface area contributed by atoms with Gasteiger partial charge in [0.2, 0.25) is 5.91 Å². The van der Waals surface area contributed by atoms with Crippen molar-refractivity contribution in [3.8, 4) is 0 Å². The third-order valence-corrected chi connectivity index (χ3v) is 5.37. The number of carbonyl (C=O) groups is 1. The van der Waals surface area contributed by atoms with Crippen LogP contribution in [0.2, 0.25) is 0 Å². The summed E-state index contributed by atoms with van der Waals surface area (Å²) < 4.78 is 5.42. The van der Waals surface area contributed by atoms with Gasteiger partial charge in [-0.2, -0.15) is 0 Å². The maximum absolute atomic E-state index is 11.3. The summed E-state index contributed by atoms with van der Waals surface area (Å²) in [6, 6.07) is 8.66. The van der Waals surface area contributed by atoms with E-state index in [0.717, 1.165) is 64.7 Å². The van der Waals surface area contributed by atoms with Gasteiger partial charge in [0.05, 0.1) is 19.8 Å². The van der Waals surface area contributed by atoms with Crippen LogP contribution >= 0.6 is 0 Å². The molecule has 3 rings (SSSR count). The molecule has 0 spiro atoms. The highest BCUT2D eigenvalue weighted by Gasteiger charge is 2.23. The number of benzene rings is 1. The highest BCUT2D eigenvalue weighted by atomic mass is 16.5. The number of hydrogen-bond donors (Lipinski definition) is 2. The number of guanidine groups is 1. The van der Waals surface area contributed by atoms with Gasteiger partial charge in [-0.05, 0) is 43.4 Å². The number of nitrogens with one attached hydrogen (secondary N) is 1. The molecule has 1 atom stereocenters. The van der Waals surface area contributed by atoms with Gasteiger partial charge in [-0.15, -0.1) is 0 Å². The number of ether oxygens (including phenoxy) is 1. The zero-order chi connectivity index (χ0) is 19.8. The Morgan fingerprint density at radius 2 is 2.00 bits per heavy atom. The standard InChI is InChI=1S/C21H33N5O2/c1-2-23-21(26-9-3-4-18(16-26)14-20(22)27)24-15-17-5-7-19(8-6-17)25-10-12-28-13-11-25/h5-8,18H,2-4,9-16H2,1H3,(H2,22,27)(H,23,24). The molecular weight excluding hydrogens is 354 g/mol. The quantitative estimate of drug-likeness (QED) is 0.572. The van der Waals surface area contributed by atoms with E-state index in [2.05, 4.69) is 46.3 Å². The Hall–Kier alpha value is -2.28. The van der Waals surface area contributed by atoms with Gasteiger partial charge < -0.3 is 25.6 Å². The van der Waals surface area contributed by atoms with Crippen molar-refractivity contribution in [1.29, 1.82) is 0 Å². The molecule has 1 aromatic rings. The van der Waals surface area contributed by atoms with Gasteiger partial charge in [0.25, 0.3) is 0 Å². The average Bonchev–Trinajstić information content (AvgIpc) is 2.72. The Morgan fingerprint density at radius 3 is 2.68 bits per heavy atom. The van der Waals surface area contributed by atoms with Crippen molar-refractivity contribution in [2.45, 2.75) is 32.7 Å². The molecule has 2 heterocycles. The summed E-state index contributed by atoms with van der Waals surface area (Å²) in [5, 5.41) is 3.40. The molecule has 1 unspecified atom stereocenters. The lowest BCUT2D eigenvalue weighted by Crippen LogP contribution is -2.47. The van der Waals surface area contributed by atoms with Crippen LogP contribution in [0.3, 0.4) is 0 Å². The van der Waals surface area contributed by atoms with E-state index in [1.807, 2.05) is 0 Å². The molecule has 3 N–H and O–H groups in total. The molecule has 1 aromatic carbocycles. The fraction of sp³-hybridized carbons (Fsp3) is 0.619. The van der Waals surface area contributed by atoms with Crippen molar-refractivity contribution < 1.29 is 9.53 Å². The number of likely N-dealkylation sites (tertiary alicyclic amines) is 1. The van der Waals surface area contributed by atoms with Crippen LogP contribution in [0.5, 0.6) is 0 Å². The van der Waals surface area contributed by atoms with Crippen LogP contribution < -0.4 is 16.0 Å². The first-order valence-electron chi connectivity index (χ1n) is 10.4. The third-order valence-electron chi connectivity index (χ3n) is 5.37. The second kappa shape index (κ2) is 10.3. The van der Waals surface area contributed by atoms with Gasteiger partial charge in [0, 0.05) is 44.8 Å². The lowest BCUT2D eigenvalue weighted by Gasteiger charge is -2.34. The van der Waals surface area contributed by atoms with Crippen molar-refractivity contribution in [3.63, 3.8) is 0 Å². The van der Waals surface area contributed by atoms with Gasteiger partial charge in [-0.1, -0.05) is 12.1 Å². The maximum atomic E-state index is 11.3. The number of nitrogens with two attached hydrogens (primary N) is 1. The molecule has 1 amide bonds. The third kappa shape index (κ3) is 5.86. The van der Waals surface area contributed by atoms with Crippen LogP contribution in [0.4, 0.5) is 5.69 Å². The maximum Gasteiger partial charge on any atom is 0.217 e. The predicted molar refractivity (Wildman–Crippen MR) is 112 cm³/mol. The Balaban J connectivity index is 1.61. The lowest BCUT2D eigenvalue weighted by atomic mass is 9.95. The predicted octanol–water partition coefficient (Wildman–Crippen LogP) is 1.58. The Labute approximate surface area is 167 Å². The Kier molecular flexibility index (Phi) is 7.54. The number of nitrogens with zero attached hydrogens (tertiary/aromatic N) is 3. The minimum absolute atomic E-state index is 0.214. The molecule has 7 heteroatoms. The summed E-state index contributed by atoms with van der Waals surface area (Å²) in [6.45, 7) is 8.84. The summed E-state index contributed by atoms with van der Waals surface area (Å²) >= 11 is 0. The SMILES string of the molecule is CCNC(=NCc1ccc(N2CCOCC2)cc1)N1CCCC(CC(N)=O)C1. The number of hydrogen-bond acceptors (Lipinski definition) is 4. The summed E-state index contributed by atoms with van der Waals surface area (Å²) in [5.41, 5.74) is 7.83. The molecule has 0 saturated carbocycles. The molecule has 0 bridgehead atoms. The van der Waals surface area contributed by atoms with E-state index in [4.69, 9.17) is 15.5 Å². The Bertz CT molecular complexity index is 655. The molecular formula is C21H33N5O2. The van der Waals surface area contributed by atoms with Crippen molar-refractivity contribution in [1.82, 2.24) is 10.2 Å². The number of morpholine rings is 1. The number of primary amides is 1. The highest BCUT2D eigenvalue weighted by Crippen LogP contribution is 2.20. The van der Waals surface area contributed by atoms with Gasteiger partial charge in [-0.3, -0.25) is 4.79 Å². The van der Waals surface area contributed by atoms with E-state index in [1.54, 1.807) is 0 Å². The van der Waals surface area contributed by atoms with Crippen LogP contribution in [0.25, 0.3) is 0 Å². The number of amides is 1. The Morgan fingerprint density at radius 1 is 1.25 bits per heavy atom. The van der Waals surface area contributed by atoms with Gasteiger partial charge in [0.15, 0.2) is 5.96 Å². The highest BCUT2D eigenvalue weighted by molar-refractivity contribution is 5.80. The van der Waals surface area contributed by atoms with E-state index in [9.17, 15) is 4.79 Å². The van der Waals surface area contributed by atoms with E-state index >= 15 is 0 Å². The van der Waals surface area contributed by atoms with Gasteiger partial charge >= 0.3 is 0 Å². The molecule has 2 aliphatic rings. The molecule has 0 radical (unpaired) electrons. The fourth-order valence-corrected chi connectivity index (χ4v) is 3.93.